The Morgan fingerprint density at radius 2 is 2.09 bits per heavy atom. The molecular formula is C17H20ClNO3. The van der Waals surface area contributed by atoms with Crippen LogP contribution >= 0.6 is 11.6 Å². The summed E-state index contributed by atoms with van der Waals surface area (Å²) in [4.78, 5) is 23.8. The van der Waals surface area contributed by atoms with Crippen molar-refractivity contribution in [3.05, 3.63) is 47.0 Å². The molecule has 0 fully saturated rings. The maximum absolute atomic E-state index is 12.2. The molecule has 0 radical (unpaired) electrons. The highest BCUT2D eigenvalue weighted by Crippen LogP contribution is 2.23. The molecule has 1 amide bonds. The second kappa shape index (κ2) is 7.99. The predicted octanol–water partition coefficient (Wildman–Crippen LogP) is 3.42. The van der Waals surface area contributed by atoms with E-state index in [4.69, 9.17) is 16.3 Å². The third-order valence-electron chi connectivity index (χ3n) is 3.77. The standard InChI is InChI=1S/C17H20ClNO3/c1-22-17(21)11-15(13-6-8-14(18)9-7-13)19-16(20)10-12-4-2-3-5-12/h2,4,6-9,12,15H,3,5,10-11H2,1H3,(H,19,20). The van der Waals surface area contributed by atoms with E-state index in [1.807, 2.05) is 12.1 Å². The van der Waals surface area contributed by atoms with Crippen LogP contribution in [0.25, 0.3) is 0 Å². The first-order valence-electron chi connectivity index (χ1n) is 7.37. The summed E-state index contributed by atoms with van der Waals surface area (Å²) in [6.07, 6.45) is 6.77. The van der Waals surface area contributed by atoms with Crippen LogP contribution in [0.1, 0.15) is 37.3 Å². The van der Waals surface area contributed by atoms with Crippen LogP contribution in [0.2, 0.25) is 5.02 Å². The average molecular weight is 322 g/mol. The number of benzene rings is 1. The van der Waals surface area contributed by atoms with Crippen LogP contribution in [0.5, 0.6) is 0 Å². The third kappa shape index (κ3) is 4.88. The molecule has 5 heteroatoms. The summed E-state index contributed by atoms with van der Waals surface area (Å²) in [6, 6.07) is 6.71. The molecule has 1 aromatic carbocycles. The van der Waals surface area contributed by atoms with Crippen LogP contribution < -0.4 is 5.32 Å². The van der Waals surface area contributed by atoms with Gasteiger partial charge in [0, 0.05) is 11.4 Å². The number of hydrogen-bond acceptors (Lipinski definition) is 3. The Morgan fingerprint density at radius 3 is 2.68 bits per heavy atom. The number of rotatable bonds is 6. The number of ether oxygens (including phenoxy) is 1. The Balaban J connectivity index is 2.03. The van der Waals surface area contributed by atoms with Crippen molar-refractivity contribution in [3.63, 3.8) is 0 Å². The van der Waals surface area contributed by atoms with Gasteiger partial charge in [-0.3, -0.25) is 9.59 Å². The van der Waals surface area contributed by atoms with Crippen molar-refractivity contribution in [2.75, 3.05) is 7.11 Å². The van der Waals surface area contributed by atoms with Gasteiger partial charge in [-0.25, -0.2) is 0 Å². The van der Waals surface area contributed by atoms with E-state index in [0.29, 0.717) is 17.4 Å². The molecule has 1 aliphatic carbocycles. The van der Waals surface area contributed by atoms with E-state index in [2.05, 4.69) is 17.5 Å². The fraction of sp³-hybridized carbons (Fsp3) is 0.412. The molecule has 118 valence electrons. The van der Waals surface area contributed by atoms with E-state index in [1.54, 1.807) is 12.1 Å². The minimum atomic E-state index is -0.400. The normalized spacial score (nSPS) is 18.0. The lowest BCUT2D eigenvalue weighted by atomic mass is 10.0. The Hall–Kier alpha value is -1.81. The van der Waals surface area contributed by atoms with Crippen molar-refractivity contribution in [3.8, 4) is 0 Å². The fourth-order valence-corrected chi connectivity index (χ4v) is 2.68. The number of amides is 1. The summed E-state index contributed by atoms with van der Waals surface area (Å²) >= 11 is 5.88. The van der Waals surface area contributed by atoms with Gasteiger partial charge >= 0.3 is 5.97 Å². The molecule has 22 heavy (non-hydrogen) atoms. The van der Waals surface area contributed by atoms with Gasteiger partial charge in [0.25, 0.3) is 0 Å². The average Bonchev–Trinajstić information content (AvgIpc) is 3.00. The molecule has 4 nitrogen and oxygen atoms in total. The molecule has 2 atom stereocenters. The number of allylic oxidation sites excluding steroid dienone is 2. The minimum Gasteiger partial charge on any atom is -0.469 e. The van der Waals surface area contributed by atoms with Crippen LogP contribution in [0.3, 0.4) is 0 Å². The van der Waals surface area contributed by atoms with Gasteiger partial charge in [0.1, 0.15) is 0 Å². The highest BCUT2D eigenvalue weighted by Gasteiger charge is 2.21. The first-order chi connectivity index (χ1) is 10.6. The number of carbonyl (C=O) groups excluding carboxylic acids is 2. The van der Waals surface area contributed by atoms with E-state index in [9.17, 15) is 9.59 Å². The highest BCUT2D eigenvalue weighted by molar-refractivity contribution is 6.30. The second-order valence-electron chi connectivity index (χ2n) is 5.42. The number of esters is 1. The molecule has 0 bridgehead atoms. The van der Waals surface area contributed by atoms with Crippen LogP contribution in [-0.4, -0.2) is 19.0 Å². The number of hydrogen-bond donors (Lipinski definition) is 1. The molecule has 0 saturated heterocycles. The Kier molecular flexibility index (Phi) is 6.01. The molecule has 0 heterocycles. The van der Waals surface area contributed by atoms with Crippen molar-refractivity contribution >= 4 is 23.5 Å². The molecule has 1 aliphatic rings. The van der Waals surface area contributed by atoms with E-state index < -0.39 is 6.04 Å². The summed E-state index contributed by atoms with van der Waals surface area (Å²) in [5.74, 6) is -0.120. The van der Waals surface area contributed by atoms with Crippen molar-refractivity contribution in [2.45, 2.75) is 31.7 Å². The van der Waals surface area contributed by atoms with Gasteiger partial charge in [0.15, 0.2) is 0 Å². The van der Waals surface area contributed by atoms with Crippen LogP contribution in [0, 0.1) is 5.92 Å². The predicted molar refractivity (Wildman–Crippen MR) is 85.4 cm³/mol. The molecule has 0 aromatic heterocycles. The summed E-state index contributed by atoms with van der Waals surface area (Å²) < 4.78 is 4.71. The van der Waals surface area contributed by atoms with Gasteiger partial charge in [0.05, 0.1) is 19.6 Å². The van der Waals surface area contributed by atoms with Crippen molar-refractivity contribution in [1.29, 1.82) is 0 Å². The monoisotopic (exact) mass is 321 g/mol. The molecule has 0 saturated carbocycles. The quantitative estimate of drug-likeness (QED) is 0.645. The molecule has 2 unspecified atom stereocenters. The lowest BCUT2D eigenvalue weighted by Gasteiger charge is -2.19. The topological polar surface area (TPSA) is 55.4 Å². The van der Waals surface area contributed by atoms with Crippen molar-refractivity contribution < 1.29 is 14.3 Å². The third-order valence-corrected chi connectivity index (χ3v) is 4.02. The Morgan fingerprint density at radius 1 is 1.36 bits per heavy atom. The largest absolute Gasteiger partial charge is 0.469 e. The molecule has 1 aromatic rings. The van der Waals surface area contributed by atoms with E-state index in [1.165, 1.54) is 7.11 Å². The van der Waals surface area contributed by atoms with Gasteiger partial charge in [-0.2, -0.15) is 0 Å². The van der Waals surface area contributed by atoms with Crippen LogP contribution in [-0.2, 0) is 14.3 Å². The van der Waals surface area contributed by atoms with Gasteiger partial charge in [-0.1, -0.05) is 35.9 Å². The number of halogens is 1. The molecule has 0 aliphatic heterocycles. The molecule has 1 N–H and O–H groups in total. The molecule has 2 rings (SSSR count). The lowest BCUT2D eigenvalue weighted by molar-refractivity contribution is -0.141. The first kappa shape index (κ1) is 16.6. The number of methoxy groups -OCH3 is 1. The molecular weight excluding hydrogens is 302 g/mol. The zero-order valence-corrected chi connectivity index (χ0v) is 13.3. The zero-order valence-electron chi connectivity index (χ0n) is 12.5. The summed E-state index contributed by atoms with van der Waals surface area (Å²) in [5.41, 5.74) is 0.838. The van der Waals surface area contributed by atoms with Crippen LogP contribution in [0.15, 0.2) is 36.4 Å². The van der Waals surface area contributed by atoms with Gasteiger partial charge in [-0.05, 0) is 36.5 Å². The van der Waals surface area contributed by atoms with Gasteiger partial charge in [-0.15, -0.1) is 0 Å². The number of nitrogens with one attached hydrogen (secondary N) is 1. The van der Waals surface area contributed by atoms with Crippen LogP contribution in [0.4, 0.5) is 0 Å². The van der Waals surface area contributed by atoms with E-state index >= 15 is 0 Å². The minimum absolute atomic E-state index is 0.0552. The highest BCUT2D eigenvalue weighted by atomic mass is 35.5. The SMILES string of the molecule is COC(=O)CC(NC(=O)CC1C=CCC1)c1ccc(Cl)cc1. The van der Waals surface area contributed by atoms with E-state index in [-0.39, 0.29) is 18.3 Å². The molecule has 0 spiro atoms. The van der Waals surface area contributed by atoms with Gasteiger partial charge in [0.2, 0.25) is 5.91 Å². The Bertz CT molecular complexity index is 554. The maximum Gasteiger partial charge on any atom is 0.307 e. The van der Waals surface area contributed by atoms with Crippen molar-refractivity contribution in [2.24, 2.45) is 5.92 Å². The summed E-state index contributed by atoms with van der Waals surface area (Å²) in [6.45, 7) is 0. The maximum atomic E-state index is 12.2. The summed E-state index contributed by atoms with van der Waals surface area (Å²) in [5, 5.41) is 3.54. The van der Waals surface area contributed by atoms with E-state index in [0.717, 1.165) is 18.4 Å². The van der Waals surface area contributed by atoms with Crippen molar-refractivity contribution in [1.82, 2.24) is 5.32 Å². The Labute approximate surface area is 135 Å². The first-order valence-corrected chi connectivity index (χ1v) is 7.74. The smallest absolute Gasteiger partial charge is 0.307 e. The fourth-order valence-electron chi connectivity index (χ4n) is 2.55. The van der Waals surface area contributed by atoms with Gasteiger partial charge < -0.3 is 10.1 Å². The lowest BCUT2D eigenvalue weighted by Crippen LogP contribution is -2.31. The summed E-state index contributed by atoms with van der Waals surface area (Å²) in [7, 11) is 1.34. The zero-order chi connectivity index (χ0) is 15.9. The second-order valence-corrected chi connectivity index (χ2v) is 5.86. The number of carbonyl (C=O) groups is 2.